The van der Waals surface area contributed by atoms with Gasteiger partial charge in [-0.05, 0) is 38.1 Å². The van der Waals surface area contributed by atoms with E-state index in [1.165, 1.54) is 0 Å². The van der Waals surface area contributed by atoms with Crippen LogP contribution in [0.3, 0.4) is 0 Å². The van der Waals surface area contributed by atoms with Gasteiger partial charge in [-0.25, -0.2) is 4.79 Å². The van der Waals surface area contributed by atoms with Crippen molar-refractivity contribution in [2.45, 2.75) is 27.2 Å². The maximum atomic E-state index is 11.3. The molecule has 0 aromatic rings. The summed E-state index contributed by atoms with van der Waals surface area (Å²) in [6, 6.07) is 0. The number of hydrogen-bond donors (Lipinski definition) is 0. The summed E-state index contributed by atoms with van der Waals surface area (Å²) in [7, 11) is 0. The Morgan fingerprint density at radius 3 is 2.54 bits per heavy atom. The molecule has 3 nitrogen and oxygen atoms in total. The van der Waals surface area contributed by atoms with E-state index in [0.29, 0.717) is 6.61 Å². The first-order chi connectivity index (χ1) is 6.17. The molecule has 0 heterocycles. The number of ether oxygens (including phenoxy) is 1. The Balaban J connectivity index is 4.81. The van der Waals surface area contributed by atoms with Crippen LogP contribution in [0.4, 0.5) is 0 Å². The lowest BCUT2D eigenvalue weighted by Crippen LogP contribution is -2.07. The molecule has 0 saturated carbocycles. The SMILES string of the molecule is CCOC(=O)/C(N=C=S)=C(/C)CC. The fourth-order valence-corrected chi connectivity index (χ4v) is 0.819. The summed E-state index contributed by atoms with van der Waals surface area (Å²) in [6.45, 7) is 5.85. The largest absolute Gasteiger partial charge is 0.461 e. The van der Waals surface area contributed by atoms with E-state index in [-0.39, 0.29) is 5.70 Å². The molecule has 0 unspecified atom stereocenters. The first kappa shape index (κ1) is 12.0. The average molecular weight is 199 g/mol. The summed E-state index contributed by atoms with van der Waals surface area (Å²) in [5, 5.41) is 2.17. The molecule has 0 radical (unpaired) electrons. The molecule has 0 atom stereocenters. The third-order valence-corrected chi connectivity index (χ3v) is 1.65. The smallest absolute Gasteiger partial charge is 0.357 e. The number of isothiocyanates is 1. The van der Waals surface area contributed by atoms with Crippen molar-refractivity contribution < 1.29 is 9.53 Å². The second kappa shape index (κ2) is 6.52. The van der Waals surface area contributed by atoms with Gasteiger partial charge in [-0.3, -0.25) is 0 Å². The summed E-state index contributed by atoms with van der Waals surface area (Å²) in [5.41, 5.74) is 1.13. The Labute approximate surface area is 83.5 Å². The molecule has 0 aliphatic heterocycles. The minimum atomic E-state index is -0.431. The molecule has 4 heteroatoms. The molecule has 0 amide bonds. The molecule has 72 valence electrons. The summed E-state index contributed by atoms with van der Waals surface area (Å²) in [6.07, 6.45) is 0.745. The Morgan fingerprint density at radius 1 is 1.54 bits per heavy atom. The van der Waals surface area contributed by atoms with Crippen LogP contribution >= 0.6 is 12.2 Å². The zero-order valence-electron chi connectivity index (χ0n) is 8.09. The van der Waals surface area contributed by atoms with E-state index in [2.05, 4.69) is 22.4 Å². The lowest BCUT2D eigenvalue weighted by molar-refractivity contribution is -0.138. The van der Waals surface area contributed by atoms with Crippen molar-refractivity contribution in [1.29, 1.82) is 0 Å². The van der Waals surface area contributed by atoms with Crippen molar-refractivity contribution in [1.82, 2.24) is 0 Å². The standard InChI is InChI=1S/C9H13NO2S/c1-4-7(3)8(10-6-13)9(11)12-5-2/h4-5H2,1-3H3/b8-7+. The van der Waals surface area contributed by atoms with Gasteiger partial charge in [0.25, 0.3) is 0 Å². The summed E-state index contributed by atoms with van der Waals surface area (Å²) in [4.78, 5) is 15.0. The summed E-state index contributed by atoms with van der Waals surface area (Å²) in [5.74, 6) is -0.431. The minimum Gasteiger partial charge on any atom is -0.461 e. The predicted octanol–water partition coefficient (Wildman–Crippen LogP) is 2.34. The zero-order valence-corrected chi connectivity index (χ0v) is 8.90. The highest BCUT2D eigenvalue weighted by Crippen LogP contribution is 2.10. The van der Waals surface area contributed by atoms with Gasteiger partial charge >= 0.3 is 5.97 Å². The molecule has 0 aromatic carbocycles. The van der Waals surface area contributed by atoms with Crippen LogP contribution in [0.5, 0.6) is 0 Å². The van der Waals surface area contributed by atoms with E-state index in [1.807, 2.05) is 13.8 Å². The monoisotopic (exact) mass is 199 g/mol. The molecule has 0 N–H and O–H groups in total. The topological polar surface area (TPSA) is 38.7 Å². The van der Waals surface area contributed by atoms with Crippen molar-refractivity contribution in [2.24, 2.45) is 4.99 Å². The Morgan fingerprint density at radius 2 is 2.15 bits per heavy atom. The average Bonchev–Trinajstić information content (AvgIpc) is 2.13. The van der Waals surface area contributed by atoms with Crippen LogP contribution < -0.4 is 0 Å². The van der Waals surface area contributed by atoms with Crippen LogP contribution in [-0.2, 0) is 9.53 Å². The van der Waals surface area contributed by atoms with E-state index in [1.54, 1.807) is 6.92 Å². The van der Waals surface area contributed by atoms with E-state index in [4.69, 9.17) is 4.74 Å². The fraction of sp³-hybridized carbons (Fsp3) is 0.556. The number of rotatable bonds is 4. The van der Waals surface area contributed by atoms with Gasteiger partial charge in [-0.1, -0.05) is 6.92 Å². The number of thiocarbonyl (C=S) groups is 1. The molecule has 0 rings (SSSR count). The summed E-state index contributed by atoms with van der Waals surface area (Å²) >= 11 is 4.44. The number of allylic oxidation sites excluding steroid dienone is 1. The quantitative estimate of drug-likeness (QED) is 0.302. The fourth-order valence-electron chi connectivity index (χ4n) is 0.728. The normalized spacial score (nSPS) is 11.3. The maximum Gasteiger partial charge on any atom is 0.357 e. The van der Waals surface area contributed by atoms with Crippen molar-refractivity contribution in [3.8, 4) is 0 Å². The zero-order chi connectivity index (χ0) is 10.3. The van der Waals surface area contributed by atoms with Crippen molar-refractivity contribution in [3.63, 3.8) is 0 Å². The van der Waals surface area contributed by atoms with Crippen LogP contribution in [0.2, 0.25) is 0 Å². The second-order valence-corrected chi connectivity index (χ2v) is 2.59. The van der Waals surface area contributed by atoms with Gasteiger partial charge in [0, 0.05) is 0 Å². The number of hydrogen-bond acceptors (Lipinski definition) is 4. The first-order valence-electron chi connectivity index (χ1n) is 4.12. The molecule has 13 heavy (non-hydrogen) atoms. The lowest BCUT2D eigenvalue weighted by atomic mass is 10.2. The van der Waals surface area contributed by atoms with Gasteiger partial charge in [-0.15, -0.1) is 0 Å². The lowest BCUT2D eigenvalue weighted by Gasteiger charge is -2.03. The second-order valence-electron chi connectivity index (χ2n) is 2.41. The van der Waals surface area contributed by atoms with E-state index < -0.39 is 5.97 Å². The number of aliphatic imine (C=N–C) groups is 1. The number of nitrogens with zero attached hydrogens (tertiary/aromatic N) is 1. The third-order valence-electron chi connectivity index (χ3n) is 1.56. The van der Waals surface area contributed by atoms with Crippen molar-refractivity contribution in [2.75, 3.05) is 6.61 Å². The Hall–Kier alpha value is -0.990. The van der Waals surface area contributed by atoms with Crippen LogP contribution in [0, 0.1) is 0 Å². The third kappa shape index (κ3) is 3.97. The maximum absolute atomic E-state index is 11.3. The number of carbonyl (C=O) groups excluding carboxylic acids is 1. The summed E-state index contributed by atoms with van der Waals surface area (Å²) < 4.78 is 4.80. The molecule has 0 spiro atoms. The molecule has 0 saturated heterocycles. The van der Waals surface area contributed by atoms with Gasteiger partial charge in [0.1, 0.15) is 0 Å². The first-order valence-corrected chi connectivity index (χ1v) is 4.52. The van der Waals surface area contributed by atoms with Crippen molar-refractivity contribution in [3.05, 3.63) is 11.3 Å². The van der Waals surface area contributed by atoms with Crippen LogP contribution in [0.25, 0.3) is 0 Å². The van der Waals surface area contributed by atoms with E-state index in [0.717, 1.165) is 12.0 Å². The minimum absolute atomic E-state index is 0.277. The van der Waals surface area contributed by atoms with Gasteiger partial charge in [-0.2, -0.15) is 4.99 Å². The highest BCUT2D eigenvalue weighted by atomic mass is 32.1. The van der Waals surface area contributed by atoms with Crippen LogP contribution in [0.1, 0.15) is 27.2 Å². The molecule has 0 aliphatic carbocycles. The Bertz CT molecular complexity index is 265. The molecular weight excluding hydrogens is 186 g/mol. The van der Waals surface area contributed by atoms with Gasteiger partial charge in [0.05, 0.1) is 11.8 Å². The molecular formula is C9H13NO2S. The number of esters is 1. The van der Waals surface area contributed by atoms with Gasteiger partial charge < -0.3 is 4.74 Å². The number of carbonyl (C=O) groups is 1. The predicted molar refractivity (Wildman–Crippen MR) is 54.7 cm³/mol. The van der Waals surface area contributed by atoms with Crippen molar-refractivity contribution >= 4 is 23.3 Å². The van der Waals surface area contributed by atoms with E-state index in [9.17, 15) is 4.79 Å². The van der Waals surface area contributed by atoms with Gasteiger partial charge in [0.15, 0.2) is 5.70 Å². The molecule has 0 aliphatic rings. The van der Waals surface area contributed by atoms with Crippen LogP contribution in [-0.4, -0.2) is 17.7 Å². The van der Waals surface area contributed by atoms with E-state index >= 15 is 0 Å². The Kier molecular flexibility index (Phi) is 6.02. The molecule has 0 bridgehead atoms. The van der Waals surface area contributed by atoms with Crippen LogP contribution in [0.15, 0.2) is 16.3 Å². The molecule has 0 aromatic heterocycles. The molecule has 0 fully saturated rings. The van der Waals surface area contributed by atoms with Gasteiger partial charge in [0.2, 0.25) is 0 Å². The highest BCUT2D eigenvalue weighted by molar-refractivity contribution is 7.78. The highest BCUT2D eigenvalue weighted by Gasteiger charge is 2.11.